The van der Waals surface area contributed by atoms with E-state index < -0.39 is 0 Å². The Bertz CT molecular complexity index is 797. The maximum Gasteiger partial charge on any atom is -0.0158 e. The van der Waals surface area contributed by atoms with Gasteiger partial charge in [-0.2, -0.15) is 0 Å². The van der Waals surface area contributed by atoms with Gasteiger partial charge in [-0.1, -0.05) is 69.6 Å². The first-order valence-electron chi connectivity index (χ1n) is 14.9. The standard InChI is InChI=1S/C33H52/c1-6-18-32(4)19-16-27-26(22-32)12-13-29-28(27)17-20-33(5)30(14-15-31(29)33)24(3)21-25-9-7-8-23(2)10-11-25/h8-11,24,26-31H,6-7,12-22H2,1-5H3/t24-,26-,27?,28-,29?,30-,31+,32?,33?/m1/s1. The van der Waals surface area contributed by atoms with Crippen molar-refractivity contribution >= 4 is 0 Å². The highest BCUT2D eigenvalue weighted by molar-refractivity contribution is 5.31. The third kappa shape index (κ3) is 4.47. The predicted molar refractivity (Wildman–Crippen MR) is 143 cm³/mol. The summed E-state index contributed by atoms with van der Waals surface area (Å²) in [7, 11) is 0. The summed E-state index contributed by atoms with van der Waals surface area (Å²) < 4.78 is 0. The highest BCUT2D eigenvalue weighted by Crippen LogP contribution is 2.66. The minimum Gasteiger partial charge on any atom is -0.0778 e. The summed E-state index contributed by atoms with van der Waals surface area (Å²) in [5.41, 5.74) is 4.29. The molecule has 0 aromatic carbocycles. The van der Waals surface area contributed by atoms with E-state index in [1.165, 1.54) is 50.5 Å². The van der Waals surface area contributed by atoms with E-state index in [2.05, 4.69) is 58.9 Å². The molecule has 0 aliphatic heterocycles. The van der Waals surface area contributed by atoms with Crippen LogP contribution >= 0.6 is 0 Å². The minimum atomic E-state index is 0.613. The van der Waals surface area contributed by atoms with E-state index in [1.54, 1.807) is 37.7 Å². The lowest BCUT2D eigenvalue weighted by Crippen LogP contribution is -2.50. The highest BCUT2D eigenvalue weighted by atomic mass is 14.6. The molecule has 33 heavy (non-hydrogen) atoms. The van der Waals surface area contributed by atoms with Gasteiger partial charge in [0.25, 0.3) is 0 Å². The molecule has 0 amide bonds. The molecule has 0 nitrogen and oxygen atoms in total. The van der Waals surface area contributed by atoms with Gasteiger partial charge in [0.2, 0.25) is 0 Å². The average Bonchev–Trinajstić information content (AvgIpc) is 3.01. The number of allylic oxidation sites excluding steroid dienone is 6. The minimum absolute atomic E-state index is 0.613. The quantitative estimate of drug-likeness (QED) is 0.392. The first-order chi connectivity index (χ1) is 15.8. The van der Waals surface area contributed by atoms with Crippen LogP contribution in [-0.4, -0.2) is 0 Å². The first kappa shape index (κ1) is 23.9. The molecule has 0 heteroatoms. The van der Waals surface area contributed by atoms with Crippen LogP contribution in [0.25, 0.3) is 0 Å². The van der Waals surface area contributed by atoms with E-state index in [1.807, 2.05) is 0 Å². The van der Waals surface area contributed by atoms with Gasteiger partial charge in [0.15, 0.2) is 0 Å². The van der Waals surface area contributed by atoms with Gasteiger partial charge in [-0.3, -0.25) is 0 Å². The third-order valence-corrected chi connectivity index (χ3v) is 11.9. The Labute approximate surface area is 205 Å². The van der Waals surface area contributed by atoms with Crippen LogP contribution in [-0.2, 0) is 0 Å². The lowest BCUT2D eigenvalue weighted by molar-refractivity contribution is -0.0834. The third-order valence-electron chi connectivity index (χ3n) is 11.9. The van der Waals surface area contributed by atoms with Crippen LogP contribution in [0.3, 0.4) is 0 Å². The van der Waals surface area contributed by atoms with Crippen molar-refractivity contribution in [2.75, 3.05) is 0 Å². The van der Waals surface area contributed by atoms with Gasteiger partial charge < -0.3 is 0 Å². The molecule has 0 aromatic heterocycles. The molecular formula is C33H52. The van der Waals surface area contributed by atoms with Crippen LogP contribution in [0.4, 0.5) is 0 Å². The van der Waals surface area contributed by atoms with Gasteiger partial charge in [0.1, 0.15) is 0 Å². The summed E-state index contributed by atoms with van der Waals surface area (Å²) in [5, 5.41) is 0. The smallest absolute Gasteiger partial charge is 0.0158 e. The molecule has 4 fully saturated rings. The van der Waals surface area contributed by atoms with E-state index in [9.17, 15) is 0 Å². The van der Waals surface area contributed by atoms with Crippen LogP contribution in [0, 0.1) is 52.3 Å². The maximum absolute atomic E-state index is 2.75. The SMILES string of the molecule is CCCC1(C)CCC2[C@H](CCC3[C@@H]2CCC2(C)[C@@H]([C@H](C)CC4=CCC=C(C)C=C4)CC[C@@H]32)C1. The normalized spacial score (nSPS) is 45.8. The zero-order valence-corrected chi connectivity index (χ0v) is 22.5. The average molecular weight is 449 g/mol. The fourth-order valence-corrected chi connectivity index (χ4v) is 10.4. The number of hydrogen-bond donors (Lipinski definition) is 0. The Morgan fingerprint density at radius 1 is 0.909 bits per heavy atom. The van der Waals surface area contributed by atoms with Crippen molar-refractivity contribution < 1.29 is 0 Å². The lowest BCUT2D eigenvalue weighted by Gasteiger charge is -2.58. The molecule has 184 valence electrons. The second kappa shape index (κ2) is 9.35. The van der Waals surface area contributed by atoms with Crippen LogP contribution in [0.5, 0.6) is 0 Å². The Morgan fingerprint density at radius 3 is 2.55 bits per heavy atom. The van der Waals surface area contributed by atoms with Gasteiger partial charge in [-0.05, 0) is 136 Å². The largest absolute Gasteiger partial charge is 0.0778 e. The fourth-order valence-electron chi connectivity index (χ4n) is 10.4. The lowest BCUT2D eigenvalue weighted by atomic mass is 9.47. The number of fused-ring (bicyclic) bond motifs is 5. The zero-order chi connectivity index (χ0) is 23.2. The summed E-state index contributed by atoms with van der Waals surface area (Å²) in [6.45, 7) is 12.6. The van der Waals surface area contributed by atoms with E-state index in [0.29, 0.717) is 10.8 Å². The molecule has 5 rings (SSSR count). The van der Waals surface area contributed by atoms with E-state index in [-0.39, 0.29) is 0 Å². The molecule has 0 N–H and O–H groups in total. The molecule has 5 aliphatic rings. The molecule has 0 heterocycles. The van der Waals surface area contributed by atoms with Gasteiger partial charge in [-0.15, -0.1) is 0 Å². The van der Waals surface area contributed by atoms with Gasteiger partial charge in [0.05, 0.1) is 0 Å². The van der Waals surface area contributed by atoms with Gasteiger partial charge >= 0.3 is 0 Å². The van der Waals surface area contributed by atoms with Crippen molar-refractivity contribution in [3.63, 3.8) is 0 Å². The fraction of sp³-hybridized carbons (Fsp3) is 0.818. The van der Waals surface area contributed by atoms with Crippen LogP contribution in [0.2, 0.25) is 0 Å². The van der Waals surface area contributed by atoms with Crippen LogP contribution < -0.4 is 0 Å². The first-order valence-corrected chi connectivity index (χ1v) is 14.9. The summed E-state index contributed by atoms with van der Waals surface area (Å²) in [6.07, 6.45) is 28.7. The Kier molecular flexibility index (Phi) is 6.78. The molecule has 0 bridgehead atoms. The molecule has 0 radical (unpaired) electrons. The molecule has 5 aliphatic carbocycles. The Balaban J connectivity index is 1.26. The second-order valence-corrected chi connectivity index (χ2v) is 13.9. The summed E-state index contributed by atoms with van der Waals surface area (Å²) >= 11 is 0. The van der Waals surface area contributed by atoms with Crippen molar-refractivity contribution in [1.29, 1.82) is 0 Å². The number of hydrogen-bond acceptors (Lipinski definition) is 0. The summed E-state index contributed by atoms with van der Waals surface area (Å²) in [4.78, 5) is 0. The number of rotatable bonds is 5. The Morgan fingerprint density at radius 2 is 1.73 bits per heavy atom. The molecular weight excluding hydrogens is 396 g/mol. The monoisotopic (exact) mass is 448 g/mol. The Hall–Kier alpha value is -0.780. The molecule has 4 unspecified atom stereocenters. The maximum atomic E-state index is 2.75. The summed E-state index contributed by atoms with van der Waals surface area (Å²) in [5.74, 6) is 7.05. The zero-order valence-electron chi connectivity index (χ0n) is 22.5. The van der Waals surface area contributed by atoms with Crippen LogP contribution in [0.1, 0.15) is 118 Å². The van der Waals surface area contributed by atoms with Crippen molar-refractivity contribution in [1.82, 2.24) is 0 Å². The van der Waals surface area contributed by atoms with Crippen molar-refractivity contribution in [3.05, 3.63) is 35.5 Å². The topological polar surface area (TPSA) is 0 Å². The van der Waals surface area contributed by atoms with E-state index in [0.717, 1.165) is 47.8 Å². The van der Waals surface area contributed by atoms with E-state index in [4.69, 9.17) is 0 Å². The predicted octanol–water partition coefficient (Wildman–Crippen LogP) is 9.92. The van der Waals surface area contributed by atoms with Crippen molar-refractivity contribution in [2.45, 2.75) is 118 Å². The summed E-state index contributed by atoms with van der Waals surface area (Å²) in [6, 6.07) is 0. The second-order valence-electron chi connectivity index (χ2n) is 13.9. The molecule has 0 saturated heterocycles. The van der Waals surface area contributed by atoms with Crippen LogP contribution in [0.15, 0.2) is 35.5 Å². The van der Waals surface area contributed by atoms with Gasteiger partial charge in [-0.25, -0.2) is 0 Å². The molecule has 9 atom stereocenters. The molecule has 4 saturated carbocycles. The molecule has 0 aromatic rings. The van der Waals surface area contributed by atoms with Gasteiger partial charge in [0, 0.05) is 0 Å². The highest BCUT2D eigenvalue weighted by Gasteiger charge is 2.58. The van der Waals surface area contributed by atoms with Crippen molar-refractivity contribution in [2.24, 2.45) is 52.3 Å². The molecule has 0 spiro atoms. The van der Waals surface area contributed by atoms with E-state index >= 15 is 0 Å². The van der Waals surface area contributed by atoms with Crippen molar-refractivity contribution in [3.8, 4) is 0 Å².